The van der Waals surface area contributed by atoms with Crippen molar-refractivity contribution in [3.8, 4) is 6.07 Å². The average Bonchev–Trinajstić information content (AvgIpc) is 2.61. The van der Waals surface area contributed by atoms with Gasteiger partial charge in [-0.3, -0.25) is 15.7 Å². The van der Waals surface area contributed by atoms with Crippen molar-refractivity contribution in [2.45, 2.75) is 19.0 Å². The van der Waals surface area contributed by atoms with E-state index in [9.17, 15) is 22.8 Å². The van der Waals surface area contributed by atoms with Crippen molar-refractivity contribution >= 4 is 11.8 Å². The summed E-state index contributed by atoms with van der Waals surface area (Å²) in [6, 6.07) is 5.24. The number of nitrogens with zero attached hydrogens (tertiary/aromatic N) is 2. The standard InChI is InChI=1S/C18H17F4N3O2/c19-15-5-6-17(14(9-15)10-23)16(4-2-8-25-27)13(11-24-12-26)3-1-7-18(20,21)22/h2-6,8-9,11,25-27H,1,7,12H2/b8-2-,13-3+,16-4-,24-11-. The number of hydrogen-bond donors (Lipinski definition) is 3. The van der Waals surface area contributed by atoms with Crippen LogP contribution in [-0.2, 0) is 0 Å². The highest BCUT2D eigenvalue weighted by atomic mass is 19.4. The van der Waals surface area contributed by atoms with E-state index < -0.39 is 25.1 Å². The van der Waals surface area contributed by atoms with Crippen LogP contribution in [0.4, 0.5) is 17.6 Å². The molecule has 0 bridgehead atoms. The van der Waals surface area contributed by atoms with Gasteiger partial charge in [-0.2, -0.15) is 18.4 Å². The predicted octanol–water partition coefficient (Wildman–Crippen LogP) is 3.86. The number of hydrogen-bond acceptors (Lipinski definition) is 5. The molecule has 0 aromatic heterocycles. The van der Waals surface area contributed by atoms with Gasteiger partial charge in [0.25, 0.3) is 0 Å². The molecule has 1 aromatic rings. The van der Waals surface area contributed by atoms with Crippen LogP contribution in [0.5, 0.6) is 0 Å². The van der Waals surface area contributed by atoms with Crippen LogP contribution in [0.25, 0.3) is 5.57 Å². The largest absolute Gasteiger partial charge is 0.389 e. The van der Waals surface area contributed by atoms with Gasteiger partial charge in [-0.1, -0.05) is 18.2 Å². The van der Waals surface area contributed by atoms with Crippen molar-refractivity contribution in [1.29, 1.82) is 5.26 Å². The van der Waals surface area contributed by atoms with Gasteiger partial charge in [0.2, 0.25) is 0 Å². The zero-order valence-electron chi connectivity index (χ0n) is 14.0. The Morgan fingerprint density at radius 1 is 1.33 bits per heavy atom. The minimum Gasteiger partial charge on any atom is -0.375 e. The van der Waals surface area contributed by atoms with E-state index >= 15 is 0 Å². The molecule has 0 unspecified atom stereocenters. The number of aliphatic hydroxyl groups excluding tert-OH is 1. The number of benzene rings is 1. The van der Waals surface area contributed by atoms with Crippen LogP contribution in [0, 0.1) is 17.1 Å². The predicted molar refractivity (Wildman–Crippen MR) is 92.1 cm³/mol. The quantitative estimate of drug-likeness (QED) is 0.275. The van der Waals surface area contributed by atoms with Crippen LogP contribution in [-0.4, -0.2) is 29.4 Å². The Morgan fingerprint density at radius 2 is 2.07 bits per heavy atom. The topological polar surface area (TPSA) is 88.6 Å². The summed E-state index contributed by atoms with van der Waals surface area (Å²) in [5.41, 5.74) is 2.44. The molecule has 1 rings (SSSR count). The summed E-state index contributed by atoms with van der Waals surface area (Å²) in [6.45, 7) is -0.591. The first-order chi connectivity index (χ1) is 12.8. The van der Waals surface area contributed by atoms with Gasteiger partial charge in [-0.05, 0) is 35.8 Å². The molecule has 0 spiro atoms. The second kappa shape index (κ2) is 10.9. The number of allylic oxidation sites excluding steroid dienone is 5. The SMILES string of the molecule is N#Cc1cc(F)ccc1C(=C\C=C/NO)/C(/C=N\CO)=C/CCC(F)(F)F. The third-order valence-corrected chi connectivity index (χ3v) is 3.24. The Labute approximate surface area is 153 Å². The fourth-order valence-corrected chi connectivity index (χ4v) is 2.14. The molecule has 9 heteroatoms. The van der Waals surface area contributed by atoms with Crippen molar-refractivity contribution in [1.82, 2.24) is 5.48 Å². The summed E-state index contributed by atoms with van der Waals surface area (Å²) in [6.07, 6.45) is 0.499. The molecule has 0 aliphatic heterocycles. The Morgan fingerprint density at radius 3 is 2.67 bits per heavy atom. The molecule has 5 nitrogen and oxygen atoms in total. The summed E-state index contributed by atoms with van der Waals surface area (Å²) < 4.78 is 50.7. The molecule has 0 heterocycles. The average molecular weight is 383 g/mol. The molecule has 3 N–H and O–H groups in total. The number of alkyl halides is 3. The summed E-state index contributed by atoms with van der Waals surface area (Å²) >= 11 is 0. The van der Waals surface area contributed by atoms with Crippen molar-refractivity contribution in [2.24, 2.45) is 4.99 Å². The zero-order valence-corrected chi connectivity index (χ0v) is 14.0. The lowest BCUT2D eigenvalue weighted by atomic mass is 9.93. The normalized spacial score (nSPS) is 13.4. The molecule has 0 saturated carbocycles. The van der Waals surface area contributed by atoms with Gasteiger partial charge >= 0.3 is 6.18 Å². The number of hydroxylamine groups is 1. The molecule has 0 fully saturated rings. The van der Waals surface area contributed by atoms with E-state index in [1.165, 1.54) is 24.3 Å². The molecular weight excluding hydrogens is 366 g/mol. The van der Waals surface area contributed by atoms with Gasteiger partial charge < -0.3 is 5.11 Å². The molecule has 0 aliphatic carbocycles. The maximum atomic E-state index is 13.4. The van der Waals surface area contributed by atoms with Gasteiger partial charge in [-0.15, -0.1) is 0 Å². The highest BCUT2D eigenvalue weighted by molar-refractivity contribution is 6.02. The Hall–Kier alpha value is -2.96. The molecule has 27 heavy (non-hydrogen) atoms. The van der Waals surface area contributed by atoms with E-state index in [1.54, 1.807) is 5.48 Å². The number of rotatable bonds is 8. The van der Waals surface area contributed by atoms with Crippen LogP contribution >= 0.6 is 0 Å². The first-order valence-electron chi connectivity index (χ1n) is 7.66. The minimum absolute atomic E-state index is 0.0364. The van der Waals surface area contributed by atoms with Crippen molar-refractivity contribution < 1.29 is 27.9 Å². The van der Waals surface area contributed by atoms with Crippen molar-refractivity contribution in [3.05, 3.63) is 65.1 Å². The maximum absolute atomic E-state index is 13.4. The molecule has 0 amide bonds. The molecule has 0 radical (unpaired) electrons. The summed E-state index contributed by atoms with van der Waals surface area (Å²) in [7, 11) is 0. The molecule has 0 atom stereocenters. The molecule has 144 valence electrons. The van der Waals surface area contributed by atoms with Gasteiger partial charge in [0.05, 0.1) is 11.6 Å². The highest BCUT2D eigenvalue weighted by Crippen LogP contribution is 2.28. The van der Waals surface area contributed by atoms with Crippen LogP contribution in [0.2, 0.25) is 0 Å². The van der Waals surface area contributed by atoms with Gasteiger partial charge in [0.1, 0.15) is 12.5 Å². The second-order valence-corrected chi connectivity index (χ2v) is 5.14. The Balaban J connectivity index is 3.47. The van der Waals surface area contributed by atoms with Crippen LogP contribution in [0.15, 0.2) is 53.2 Å². The molecule has 1 aromatic carbocycles. The number of halogens is 4. The number of nitriles is 1. The van der Waals surface area contributed by atoms with E-state index in [0.29, 0.717) is 0 Å². The van der Waals surface area contributed by atoms with Crippen LogP contribution in [0.3, 0.4) is 0 Å². The monoisotopic (exact) mass is 383 g/mol. The number of nitrogens with one attached hydrogen (secondary N) is 1. The van der Waals surface area contributed by atoms with E-state index in [-0.39, 0.29) is 28.7 Å². The lowest BCUT2D eigenvalue weighted by Crippen LogP contribution is -2.06. The van der Waals surface area contributed by atoms with Crippen LogP contribution < -0.4 is 5.48 Å². The summed E-state index contributed by atoms with van der Waals surface area (Å²) in [5, 5.41) is 26.8. The number of aliphatic imine (C=N–C) groups is 1. The van der Waals surface area contributed by atoms with E-state index in [1.807, 2.05) is 6.07 Å². The fourth-order valence-electron chi connectivity index (χ4n) is 2.14. The van der Waals surface area contributed by atoms with Crippen molar-refractivity contribution in [2.75, 3.05) is 6.73 Å². The van der Waals surface area contributed by atoms with E-state index in [2.05, 4.69) is 4.99 Å². The van der Waals surface area contributed by atoms with E-state index in [0.717, 1.165) is 24.5 Å². The molecule has 0 aliphatic rings. The molecule has 0 saturated heterocycles. The minimum atomic E-state index is -4.35. The van der Waals surface area contributed by atoms with E-state index in [4.69, 9.17) is 10.3 Å². The summed E-state index contributed by atoms with van der Waals surface area (Å²) in [4.78, 5) is 3.63. The fraction of sp³-hybridized carbons (Fsp3) is 0.222. The van der Waals surface area contributed by atoms with Gasteiger partial charge in [0.15, 0.2) is 0 Å². The van der Waals surface area contributed by atoms with Crippen molar-refractivity contribution in [3.63, 3.8) is 0 Å². The third-order valence-electron chi connectivity index (χ3n) is 3.24. The van der Waals surface area contributed by atoms with Crippen LogP contribution in [0.1, 0.15) is 24.0 Å². The Kier molecular flexibility index (Phi) is 8.92. The highest BCUT2D eigenvalue weighted by Gasteiger charge is 2.25. The van der Waals surface area contributed by atoms with Gasteiger partial charge in [-0.25, -0.2) is 4.39 Å². The zero-order chi connectivity index (χ0) is 20.3. The first kappa shape index (κ1) is 22.1. The lowest BCUT2D eigenvalue weighted by molar-refractivity contribution is -0.133. The maximum Gasteiger partial charge on any atom is 0.389 e. The third kappa shape index (κ3) is 7.85. The first-order valence-corrected chi connectivity index (χ1v) is 7.66. The lowest BCUT2D eigenvalue weighted by Gasteiger charge is -2.12. The number of aliphatic hydroxyl groups is 1. The molecular formula is C18H17F4N3O2. The Bertz CT molecular complexity index is 791. The smallest absolute Gasteiger partial charge is 0.375 e. The van der Waals surface area contributed by atoms with Gasteiger partial charge in [0, 0.05) is 24.4 Å². The summed E-state index contributed by atoms with van der Waals surface area (Å²) in [5.74, 6) is -0.645. The second-order valence-electron chi connectivity index (χ2n) is 5.14.